The van der Waals surface area contributed by atoms with Crippen molar-refractivity contribution in [1.82, 2.24) is 19.7 Å². The average Bonchev–Trinajstić information content (AvgIpc) is 2.75. The van der Waals surface area contributed by atoms with Gasteiger partial charge in [-0.2, -0.15) is 0 Å². The van der Waals surface area contributed by atoms with E-state index in [0.717, 1.165) is 16.5 Å². The highest BCUT2D eigenvalue weighted by Crippen LogP contribution is 2.28. The quantitative estimate of drug-likeness (QED) is 0.526. The van der Waals surface area contributed by atoms with Crippen LogP contribution < -0.4 is 10.0 Å². The molecule has 2 aromatic carbocycles. The Morgan fingerprint density at radius 3 is 2.55 bits per heavy atom. The third-order valence-corrected chi connectivity index (χ3v) is 6.09. The van der Waals surface area contributed by atoms with Crippen molar-refractivity contribution in [3.8, 4) is 11.4 Å². The summed E-state index contributed by atoms with van der Waals surface area (Å²) in [6.45, 7) is 1.76. The van der Waals surface area contributed by atoms with Gasteiger partial charge in [0.1, 0.15) is 5.82 Å². The molecule has 2 heterocycles. The molecule has 0 radical (unpaired) electrons. The van der Waals surface area contributed by atoms with Gasteiger partial charge in [-0.3, -0.25) is 4.98 Å². The number of sulfonamides is 1. The number of para-hydroxylation sites is 1. The van der Waals surface area contributed by atoms with E-state index < -0.39 is 10.0 Å². The minimum Gasteiger partial charge on any atom is -0.340 e. The molecule has 4 aromatic rings. The molecule has 0 aliphatic carbocycles. The van der Waals surface area contributed by atoms with Gasteiger partial charge in [0.25, 0.3) is 0 Å². The lowest BCUT2D eigenvalue weighted by Gasteiger charge is -2.13. The smallest absolute Gasteiger partial charge is 0.240 e. The largest absolute Gasteiger partial charge is 0.340 e. The van der Waals surface area contributed by atoms with Crippen molar-refractivity contribution in [3.63, 3.8) is 0 Å². The van der Waals surface area contributed by atoms with E-state index in [1.165, 1.54) is 7.05 Å². The fourth-order valence-electron chi connectivity index (χ4n) is 3.01. The zero-order chi connectivity index (χ0) is 20.4. The number of rotatable bonds is 5. The molecular weight excluding hydrogens is 386 g/mol. The van der Waals surface area contributed by atoms with E-state index >= 15 is 0 Å². The van der Waals surface area contributed by atoms with Gasteiger partial charge in [-0.1, -0.05) is 18.2 Å². The summed E-state index contributed by atoms with van der Waals surface area (Å²) < 4.78 is 27.0. The molecule has 0 spiro atoms. The molecule has 0 aliphatic heterocycles. The molecule has 0 atom stereocenters. The molecule has 0 saturated heterocycles. The molecule has 0 bridgehead atoms. The van der Waals surface area contributed by atoms with Gasteiger partial charge < -0.3 is 5.32 Å². The zero-order valence-electron chi connectivity index (χ0n) is 15.9. The predicted octanol–water partition coefficient (Wildman–Crippen LogP) is 3.65. The number of fused-ring (bicyclic) bond motifs is 1. The van der Waals surface area contributed by atoms with E-state index in [4.69, 9.17) is 0 Å². The first-order chi connectivity index (χ1) is 14.0. The van der Waals surface area contributed by atoms with E-state index in [-0.39, 0.29) is 4.90 Å². The average molecular weight is 405 g/mol. The lowest BCUT2D eigenvalue weighted by atomic mass is 10.2. The van der Waals surface area contributed by atoms with Crippen molar-refractivity contribution >= 4 is 32.4 Å². The maximum Gasteiger partial charge on any atom is 0.240 e. The minimum absolute atomic E-state index is 0.218. The highest BCUT2D eigenvalue weighted by atomic mass is 32.2. The lowest BCUT2D eigenvalue weighted by Crippen LogP contribution is -2.19. The monoisotopic (exact) mass is 405 g/mol. The van der Waals surface area contributed by atoms with E-state index in [0.29, 0.717) is 22.9 Å². The number of aryl methyl sites for hydroxylation is 1. The third kappa shape index (κ3) is 3.80. The maximum atomic E-state index is 12.3. The Hall–Kier alpha value is -3.36. The van der Waals surface area contributed by atoms with Gasteiger partial charge in [-0.25, -0.2) is 23.1 Å². The molecule has 0 saturated carbocycles. The van der Waals surface area contributed by atoms with Crippen LogP contribution in [0.1, 0.15) is 5.56 Å². The van der Waals surface area contributed by atoms with Crippen LogP contribution in [0.25, 0.3) is 22.3 Å². The molecule has 0 amide bonds. The number of aromatic nitrogens is 3. The van der Waals surface area contributed by atoms with Crippen LogP contribution in [-0.4, -0.2) is 30.4 Å². The number of hydrogen-bond acceptors (Lipinski definition) is 6. The Balaban J connectivity index is 1.84. The van der Waals surface area contributed by atoms with Gasteiger partial charge in [0.05, 0.1) is 10.4 Å². The normalized spacial score (nSPS) is 11.5. The van der Waals surface area contributed by atoms with Crippen LogP contribution >= 0.6 is 0 Å². The fraction of sp³-hybridized carbons (Fsp3) is 0.0952. The van der Waals surface area contributed by atoms with Crippen molar-refractivity contribution < 1.29 is 8.42 Å². The Morgan fingerprint density at radius 2 is 1.79 bits per heavy atom. The summed E-state index contributed by atoms with van der Waals surface area (Å²) in [6.07, 6.45) is 3.40. The van der Waals surface area contributed by atoms with Crippen LogP contribution in [-0.2, 0) is 10.0 Å². The Morgan fingerprint density at radius 1 is 0.966 bits per heavy atom. The molecule has 29 heavy (non-hydrogen) atoms. The molecule has 8 heteroatoms. The number of hydrogen-bond donors (Lipinski definition) is 2. The van der Waals surface area contributed by atoms with E-state index in [2.05, 4.69) is 25.0 Å². The number of benzene rings is 2. The number of nitrogens with zero attached hydrogens (tertiary/aromatic N) is 3. The van der Waals surface area contributed by atoms with Crippen LogP contribution in [0.15, 0.2) is 71.9 Å². The van der Waals surface area contributed by atoms with Gasteiger partial charge >= 0.3 is 0 Å². The van der Waals surface area contributed by atoms with Crippen molar-refractivity contribution in [3.05, 3.63) is 72.6 Å². The molecule has 0 fully saturated rings. The van der Waals surface area contributed by atoms with Crippen LogP contribution in [0.3, 0.4) is 0 Å². The van der Waals surface area contributed by atoms with Gasteiger partial charge in [-0.15, -0.1) is 0 Å². The molecule has 2 aromatic heterocycles. The Bertz CT molecular complexity index is 1290. The van der Waals surface area contributed by atoms with Gasteiger partial charge in [0.15, 0.2) is 5.82 Å². The van der Waals surface area contributed by atoms with Crippen LogP contribution in [0.5, 0.6) is 0 Å². The maximum absolute atomic E-state index is 12.3. The second kappa shape index (κ2) is 7.57. The van der Waals surface area contributed by atoms with Crippen molar-refractivity contribution in [1.29, 1.82) is 0 Å². The summed E-state index contributed by atoms with van der Waals surface area (Å²) in [4.78, 5) is 13.7. The van der Waals surface area contributed by atoms with Gasteiger partial charge in [0, 0.05) is 29.0 Å². The summed E-state index contributed by atoms with van der Waals surface area (Å²) in [7, 11) is -2.17. The van der Waals surface area contributed by atoms with E-state index in [1.54, 1.807) is 31.5 Å². The molecule has 4 rings (SSSR count). The topological polar surface area (TPSA) is 96.9 Å². The fourth-order valence-corrected chi connectivity index (χ4v) is 4.00. The standard InChI is InChI=1S/C21H19N5O2S/c1-14-9-10-16(12-19(14)29(27,28)22-2)24-21-17-7-3-4-8-18(17)25-20(26-21)15-6-5-11-23-13-15/h3-13,22H,1-2H3,(H,24,25,26). The first-order valence-electron chi connectivity index (χ1n) is 8.96. The predicted molar refractivity (Wildman–Crippen MR) is 113 cm³/mol. The highest BCUT2D eigenvalue weighted by Gasteiger charge is 2.16. The van der Waals surface area contributed by atoms with E-state index in [1.807, 2.05) is 42.5 Å². The second-order valence-corrected chi connectivity index (χ2v) is 8.32. The highest BCUT2D eigenvalue weighted by molar-refractivity contribution is 7.89. The number of pyridine rings is 1. The van der Waals surface area contributed by atoms with Crippen LogP contribution in [0.2, 0.25) is 0 Å². The number of anilines is 2. The molecule has 0 aliphatic rings. The first-order valence-corrected chi connectivity index (χ1v) is 10.4. The van der Waals surface area contributed by atoms with Crippen LogP contribution in [0.4, 0.5) is 11.5 Å². The van der Waals surface area contributed by atoms with Crippen LogP contribution in [0, 0.1) is 6.92 Å². The first kappa shape index (κ1) is 19.0. The molecule has 7 nitrogen and oxygen atoms in total. The van der Waals surface area contributed by atoms with Gasteiger partial charge in [-0.05, 0) is 55.9 Å². The summed E-state index contributed by atoms with van der Waals surface area (Å²) in [6, 6.07) is 16.6. The lowest BCUT2D eigenvalue weighted by molar-refractivity contribution is 0.587. The summed E-state index contributed by atoms with van der Waals surface area (Å²) in [5, 5.41) is 4.09. The zero-order valence-corrected chi connectivity index (χ0v) is 16.7. The van der Waals surface area contributed by atoms with Gasteiger partial charge in [0.2, 0.25) is 10.0 Å². The SMILES string of the molecule is CNS(=O)(=O)c1cc(Nc2nc(-c3cccnc3)nc3ccccc23)ccc1C. The van der Waals surface area contributed by atoms with Crippen molar-refractivity contribution in [2.24, 2.45) is 0 Å². The summed E-state index contributed by atoms with van der Waals surface area (Å²) in [5.74, 6) is 1.13. The summed E-state index contributed by atoms with van der Waals surface area (Å²) >= 11 is 0. The molecule has 146 valence electrons. The minimum atomic E-state index is -3.57. The third-order valence-electron chi connectivity index (χ3n) is 4.53. The van der Waals surface area contributed by atoms with Crippen molar-refractivity contribution in [2.45, 2.75) is 11.8 Å². The number of nitrogens with one attached hydrogen (secondary N) is 2. The summed E-state index contributed by atoms with van der Waals surface area (Å²) in [5.41, 5.74) is 2.85. The second-order valence-electron chi connectivity index (χ2n) is 6.47. The molecule has 2 N–H and O–H groups in total. The molecule has 0 unspecified atom stereocenters. The molecular formula is C21H19N5O2S. The Labute approximate surface area is 168 Å². The van der Waals surface area contributed by atoms with Crippen molar-refractivity contribution in [2.75, 3.05) is 12.4 Å². The van der Waals surface area contributed by atoms with E-state index in [9.17, 15) is 8.42 Å². The Kier molecular flexibility index (Phi) is 4.96.